The second-order valence-corrected chi connectivity index (χ2v) is 14.5. The molecule has 58 heavy (non-hydrogen) atoms. The third kappa shape index (κ3) is 13.2. The number of aliphatic hydroxyl groups is 1. The zero-order chi connectivity index (χ0) is 41.9. The molecule has 0 saturated carbocycles. The lowest BCUT2D eigenvalue weighted by atomic mass is 9.98. The smallest absolute Gasteiger partial charge is 0.387 e. The molecule has 4 nitrogen and oxygen atoms in total. The molecule has 1 aliphatic rings. The fourth-order valence-corrected chi connectivity index (χ4v) is 6.39. The average Bonchev–Trinajstić information content (AvgIpc) is 4.05. The van der Waals surface area contributed by atoms with E-state index in [1.807, 2.05) is 67.5 Å². The van der Waals surface area contributed by atoms with Crippen LogP contribution in [-0.4, -0.2) is 37.3 Å². The normalized spacial score (nSPS) is 14.2. The van der Waals surface area contributed by atoms with Crippen molar-refractivity contribution in [3.05, 3.63) is 189 Å². The van der Waals surface area contributed by atoms with Crippen LogP contribution in [0.15, 0.2) is 146 Å². The van der Waals surface area contributed by atoms with Gasteiger partial charge < -0.3 is 15.2 Å². The van der Waals surface area contributed by atoms with Crippen LogP contribution in [0, 0.1) is 0 Å². The third-order valence-corrected chi connectivity index (χ3v) is 9.65. The third-order valence-electron chi connectivity index (χ3n) is 9.14. The van der Waals surface area contributed by atoms with Crippen LogP contribution in [0.4, 0.5) is 26.3 Å². The molecular weight excluding hydrogens is 797 g/mol. The van der Waals surface area contributed by atoms with E-state index >= 15 is 0 Å². The summed E-state index contributed by atoms with van der Waals surface area (Å²) in [6.07, 6.45) is -9.04. The zero-order valence-corrected chi connectivity index (χ0v) is 33.2. The van der Waals surface area contributed by atoms with Crippen molar-refractivity contribution in [1.82, 2.24) is 10.2 Å². The lowest BCUT2D eigenvalue weighted by molar-refractivity contribution is -0.137. The molecule has 0 amide bonds. The van der Waals surface area contributed by atoms with Gasteiger partial charge in [-0.2, -0.15) is 26.3 Å². The summed E-state index contributed by atoms with van der Waals surface area (Å²) in [6, 6.07) is 40.1. The van der Waals surface area contributed by atoms with E-state index in [0.29, 0.717) is 41.9 Å². The van der Waals surface area contributed by atoms with Gasteiger partial charge in [-0.25, -0.2) is 0 Å². The molecule has 6 aromatic rings. The number of rotatable bonds is 10. The standard InChI is InChI=1S/C23H21ClF3NO.C15H14F3N.C8H7ClO/c1-28(15-22(29)18-10-12-19(24)13-11-18)14-16-6-8-17(9-7-16)20-4-2-3-5-21(20)23(25,26)27;1-19-10-11-6-8-12(9-7-11)13-4-2-3-5-14(13)15(16,17)18;9-7-3-1-6(2-4-7)8-5-10-8/h2-13,22,29H,14-15H2,1H3;2-9,19H,10H2,1H3;1-4,8H,5H2. The Morgan fingerprint density at radius 3 is 1.52 bits per heavy atom. The van der Waals surface area contributed by atoms with Gasteiger partial charge in [0.2, 0.25) is 0 Å². The minimum Gasteiger partial charge on any atom is -0.387 e. The highest BCUT2D eigenvalue weighted by molar-refractivity contribution is 6.30. The molecule has 1 aliphatic heterocycles. The molecule has 0 radical (unpaired) electrons. The highest BCUT2D eigenvalue weighted by Crippen LogP contribution is 2.38. The predicted molar refractivity (Wildman–Crippen MR) is 219 cm³/mol. The van der Waals surface area contributed by atoms with E-state index in [1.165, 1.54) is 29.8 Å². The Hall–Kier alpha value is -4.68. The molecule has 6 aromatic carbocycles. The van der Waals surface area contributed by atoms with Crippen molar-refractivity contribution in [2.45, 2.75) is 37.7 Å². The largest absolute Gasteiger partial charge is 0.417 e. The first-order valence-electron chi connectivity index (χ1n) is 18.3. The minimum absolute atomic E-state index is 0.165. The summed E-state index contributed by atoms with van der Waals surface area (Å²) in [4.78, 5) is 1.96. The van der Waals surface area contributed by atoms with E-state index in [0.717, 1.165) is 40.5 Å². The molecule has 1 fully saturated rings. The number of hydrogen-bond donors (Lipinski definition) is 2. The van der Waals surface area contributed by atoms with E-state index < -0.39 is 29.6 Å². The highest BCUT2D eigenvalue weighted by atomic mass is 35.5. The second-order valence-electron chi connectivity index (χ2n) is 13.6. The first kappa shape index (κ1) is 44.4. The number of nitrogens with zero attached hydrogens (tertiary/aromatic N) is 1. The number of ether oxygens (including phenoxy) is 1. The van der Waals surface area contributed by atoms with Crippen molar-refractivity contribution in [2.24, 2.45) is 0 Å². The quantitative estimate of drug-likeness (QED) is 0.107. The van der Waals surface area contributed by atoms with Crippen LogP contribution in [0.3, 0.4) is 0 Å². The molecule has 1 saturated heterocycles. The molecule has 304 valence electrons. The maximum absolute atomic E-state index is 13.2. The first-order valence-corrected chi connectivity index (χ1v) is 19.0. The fraction of sp³-hybridized carbons (Fsp3) is 0.217. The SMILES string of the molecule is CN(Cc1ccc(-c2ccccc2C(F)(F)F)cc1)CC(O)c1ccc(Cl)cc1.CNCc1ccc(-c2ccccc2C(F)(F)F)cc1.Clc1ccc(C2CO2)cc1. The average molecular weight is 840 g/mol. The highest BCUT2D eigenvalue weighted by Gasteiger charge is 2.34. The van der Waals surface area contributed by atoms with E-state index in [9.17, 15) is 31.4 Å². The molecule has 1 heterocycles. The molecule has 2 atom stereocenters. The van der Waals surface area contributed by atoms with E-state index in [2.05, 4.69) is 5.32 Å². The number of alkyl halides is 6. The number of likely N-dealkylation sites (N-methyl/N-ethyl adjacent to an activating group) is 1. The minimum atomic E-state index is -4.40. The number of halogens is 8. The van der Waals surface area contributed by atoms with Gasteiger partial charge in [-0.05, 0) is 95.0 Å². The lowest BCUT2D eigenvalue weighted by Crippen LogP contribution is -2.24. The monoisotopic (exact) mass is 838 g/mol. The molecule has 0 aliphatic carbocycles. The topological polar surface area (TPSA) is 48.0 Å². The predicted octanol–water partition coefficient (Wildman–Crippen LogP) is 12.7. The van der Waals surface area contributed by atoms with Gasteiger partial charge in [-0.3, -0.25) is 4.90 Å². The Labute approximate surface area is 344 Å². The van der Waals surface area contributed by atoms with Gasteiger partial charge >= 0.3 is 12.4 Å². The van der Waals surface area contributed by atoms with E-state index in [1.54, 1.807) is 60.7 Å². The Bertz CT molecular complexity index is 2170. The molecule has 2 unspecified atom stereocenters. The summed E-state index contributed by atoms with van der Waals surface area (Å²) in [5.74, 6) is 0. The van der Waals surface area contributed by atoms with Crippen LogP contribution in [-0.2, 0) is 30.2 Å². The van der Waals surface area contributed by atoms with Crippen LogP contribution in [0.25, 0.3) is 22.3 Å². The van der Waals surface area contributed by atoms with Crippen molar-refractivity contribution in [2.75, 3.05) is 27.2 Å². The number of aliphatic hydroxyl groups excluding tert-OH is 1. The summed E-state index contributed by atoms with van der Waals surface area (Å²) >= 11 is 11.6. The van der Waals surface area contributed by atoms with Crippen LogP contribution in [0.5, 0.6) is 0 Å². The number of hydrogen-bond acceptors (Lipinski definition) is 4. The van der Waals surface area contributed by atoms with Gasteiger partial charge in [0.25, 0.3) is 0 Å². The van der Waals surface area contributed by atoms with Gasteiger partial charge in [-0.15, -0.1) is 0 Å². The summed E-state index contributed by atoms with van der Waals surface area (Å²) in [7, 11) is 3.71. The van der Waals surface area contributed by atoms with Gasteiger partial charge in [0.05, 0.1) is 23.8 Å². The van der Waals surface area contributed by atoms with Crippen molar-refractivity contribution < 1.29 is 36.2 Å². The van der Waals surface area contributed by atoms with Crippen molar-refractivity contribution >= 4 is 23.2 Å². The Balaban J connectivity index is 0.000000187. The van der Waals surface area contributed by atoms with E-state index in [4.69, 9.17) is 27.9 Å². The molecular formula is C46H42Cl2F6N2O2. The van der Waals surface area contributed by atoms with Gasteiger partial charge in [0.15, 0.2) is 0 Å². The van der Waals surface area contributed by atoms with Gasteiger partial charge in [-0.1, -0.05) is 132 Å². The molecule has 12 heteroatoms. The zero-order valence-electron chi connectivity index (χ0n) is 31.7. The van der Waals surface area contributed by atoms with E-state index in [-0.39, 0.29) is 11.1 Å². The van der Waals surface area contributed by atoms with Crippen molar-refractivity contribution in [3.8, 4) is 22.3 Å². The van der Waals surface area contributed by atoms with Crippen molar-refractivity contribution in [1.29, 1.82) is 0 Å². The first-order chi connectivity index (χ1) is 27.6. The molecule has 0 spiro atoms. The summed E-state index contributed by atoms with van der Waals surface area (Å²) < 4.78 is 83.6. The van der Waals surface area contributed by atoms with Crippen LogP contribution in [0.2, 0.25) is 10.0 Å². The van der Waals surface area contributed by atoms with Gasteiger partial charge in [0, 0.05) is 29.7 Å². The maximum Gasteiger partial charge on any atom is 0.417 e. The molecule has 7 rings (SSSR count). The maximum atomic E-state index is 13.2. The lowest BCUT2D eigenvalue weighted by Gasteiger charge is -2.21. The second kappa shape index (κ2) is 20.3. The van der Waals surface area contributed by atoms with Crippen LogP contribution in [0.1, 0.15) is 45.6 Å². The summed E-state index contributed by atoms with van der Waals surface area (Å²) in [5.41, 5.74) is 4.22. The fourth-order valence-electron chi connectivity index (χ4n) is 6.14. The van der Waals surface area contributed by atoms with Crippen molar-refractivity contribution in [3.63, 3.8) is 0 Å². The molecule has 0 bridgehead atoms. The summed E-state index contributed by atoms with van der Waals surface area (Å²) in [5, 5.41) is 14.8. The van der Waals surface area contributed by atoms with Gasteiger partial charge in [0.1, 0.15) is 6.10 Å². The number of nitrogens with one attached hydrogen (secondary N) is 1. The number of benzene rings is 6. The number of epoxide rings is 1. The van der Waals surface area contributed by atoms with Crippen LogP contribution >= 0.6 is 23.2 Å². The molecule has 0 aromatic heterocycles. The van der Waals surface area contributed by atoms with Crippen LogP contribution < -0.4 is 5.32 Å². The molecule has 2 N–H and O–H groups in total. The Morgan fingerprint density at radius 1 is 0.655 bits per heavy atom. The Morgan fingerprint density at radius 2 is 1.09 bits per heavy atom. The summed E-state index contributed by atoms with van der Waals surface area (Å²) in [6.45, 7) is 2.54. The Kier molecular flexibility index (Phi) is 15.6.